The molecule has 19 heavy (non-hydrogen) atoms. The second-order valence-electron chi connectivity index (χ2n) is 4.57. The van der Waals surface area contributed by atoms with Crippen molar-refractivity contribution in [3.63, 3.8) is 0 Å². The molecule has 0 fully saturated rings. The number of aromatic nitrogens is 2. The first-order chi connectivity index (χ1) is 9.29. The molecule has 0 aliphatic rings. The molecular weight excluding hydrogens is 243 g/mol. The molecule has 3 nitrogen and oxygen atoms in total. The number of aromatic amines is 1. The van der Waals surface area contributed by atoms with Crippen molar-refractivity contribution < 1.29 is 9.13 Å². The van der Waals surface area contributed by atoms with E-state index in [9.17, 15) is 4.39 Å². The Labute approximate surface area is 110 Å². The highest BCUT2D eigenvalue weighted by Gasteiger charge is 2.09. The lowest BCUT2D eigenvalue weighted by molar-refractivity contribution is 0.279. The summed E-state index contributed by atoms with van der Waals surface area (Å²) in [6.07, 6.45) is 0.396. The standard InChI is InChI=1S/C15H15FN2O/c1-10-9-13-14(18-15(10)19-8-4-7-16)11-5-2-3-6-12(11)17-13/h2-3,5-6,9,17H,4,7-8H2,1H3. The fourth-order valence-electron chi connectivity index (χ4n) is 2.21. The van der Waals surface area contributed by atoms with E-state index in [0.717, 1.165) is 27.5 Å². The number of aryl methyl sites for hydroxylation is 1. The molecule has 1 aromatic carbocycles. The Morgan fingerprint density at radius 3 is 2.95 bits per heavy atom. The summed E-state index contributed by atoms with van der Waals surface area (Å²) in [4.78, 5) is 7.89. The minimum atomic E-state index is -0.367. The van der Waals surface area contributed by atoms with Gasteiger partial charge in [-0.05, 0) is 19.1 Å². The molecule has 0 saturated heterocycles. The van der Waals surface area contributed by atoms with Gasteiger partial charge in [0.15, 0.2) is 0 Å². The van der Waals surface area contributed by atoms with Crippen molar-refractivity contribution >= 4 is 21.9 Å². The highest BCUT2D eigenvalue weighted by Crippen LogP contribution is 2.27. The van der Waals surface area contributed by atoms with Crippen LogP contribution in [0.15, 0.2) is 30.3 Å². The van der Waals surface area contributed by atoms with Gasteiger partial charge in [0.1, 0.15) is 0 Å². The molecule has 98 valence electrons. The minimum absolute atomic E-state index is 0.359. The van der Waals surface area contributed by atoms with Gasteiger partial charge in [0.25, 0.3) is 0 Å². The first kappa shape index (κ1) is 12.0. The van der Waals surface area contributed by atoms with E-state index < -0.39 is 0 Å². The number of H-pyrrole nitrogens is 1. The van der Waals surface area contributed by atoms with Gasteiger partial charge in [0.2, 0.25) is 5.88 Å². The van der Waals surface area contributed by atoms with Crippen LogP contribution < -0.4 is 4.74 Å². The van der Waals surface area contributed by atoms with Crippen LogP contribution in [0.4, 0.5) is 4.39 Å². The molecule has 0 unspecified atom stereocenters. The third-order valence-electron chi connectivity index (χ3n) is 3.13. The smallest absolute Gasteiger partial charge is 0.216 e. The largest absolute Gasteiger partial charge is 0.477 e. The summed E-state index contributed by atoms with van der Waals surface area (Å²) in [6.45, 7) is 1.94. The lowest BCUT2D eigenvalue weighted by atomic mass is 10.2. The van der Waals surface area contributed by atoms with Gasteiger partial charge in [-0.15, -0.1) is 0 Å². The van der Waals surface area contributed by atoms with Gasteiger partial charge in [-0.25, -0.2) is 4.98 Å². The number of pyridine rings is 1. The number of nitrogens with one attached hydrogen (secondary N) is 1. The molecule has 0 amide bonds. The van der Waals surface area contributed by atoms with Gasteiger partial charge in [0.05, 0.1) is 24.3 Å². The highest BCUT2D eigenvalue weighted by molar-refractivity contribution is 6.05. The first-order valence-electron chi connectivity index (χ1n) is 6.36. The fraction of sp³-hybridized carbons (Fsp3) is 0.267. The quantitative estimate of drug-likeness (QED) is 0.723. The van der Waals surface area contributed by atoms with Gasteiger partial charge in [-0.3, -0.25) is 4.39 Å². The number of halogens is 1. The number of rotatable bonds is 4. The van der Waals surface area contributed by atoms with Crippen LogP contribution in [-0.2, 0) is 0 Å². The van der Waals surface area contributed by atoms with E-state index in [0.29, 0.717) is 18.9 Å². The molecule has 1 N–H and O–H groups in total. The highest BCUT2D eigenvalue weighted by atomic mass is 19.1. The molecular formula is C15H15FN2O. The Morgan fingerprint density at radius 2 is 2.11 bits per heavy atom. The number of fused-ring (bicyclic) bond motifs is 3. The van der Waals surface area contributed by atoms with Gasteiger partial charge >= 0.3 is 0 Å². The SMILES string of the molecule is Cc1cc2[nH]c3ccccc3c2nc1OCCCF. The van der Waals surface area contributed by atoms with E-state index in [1.54, 1.807) is 0 Å². The fourth-order valence-corrected chi connectivity index (χ4v) is 2.21. The summed E-state index contributed by atoms with van der Waals surface area (Å²) in [5.41, 5.74) is 3.91. The monoisotopic (exact) mass is 258 g/mol. The average Bonchev–Trinajstić information content (AvgIpc) is 2.76. The number of ether oxygens (including phenoxy) is 1. The molecule has 3 rings (SSSR count). The zero-order chi connectivity index (χ0) is 13.2. The molecule has 2 heterocycles. The van der Waals surface area contributed by atoms with E-state index in [2.05, 4.69) is 9.97 Å². The van der Waals surface area contributed by atoms with Crippen molar-refractivity contribution in [3.8, 4) is 5.88 Å². The molecule has 0 bridgehead atoms. The van der Waals surface area contributed by atoms with E-state index in [-0.39, 0.29) is 6.67 Å². The summed E-state index contributed by atoms with van der Waals surface area (Å²) >= 11 is 0. The van der Waals surface area contributed by atoms with Gasteiger partial charge in [-0.2, -0.15) is 0 Å². The zero-order valence-electron chi connectivity index (χ0n) is 10.7. The molecule has 2 aromatic heterocycles. The molecule has 0 aliphatic carbocycles. The predicted octanol–water partition coefficient (Wildman–Crippen LogP) is 3.76. The number of para-hydroxylation sites is 1. The molecule has 4 heteroatoms. The topological polar surface area (TPSA) is 37.9 Å². The Morgan fingerprint density at radius 1 is 1.26 bits per heavy atom. The summed E-state index contributed by atoms with van der Waals surface area (Å²) in [5, 5.41) is 1.08. The van der Waals surface area contributed by atoms with Gasteiger partial charge < -0.3 is 9.72 Å². The van der Waals surface area contributed by atoms with Crippen LogP contribution >= 0.6 is 0 Å². The summed E-state index contributed by atoms with van der Waals surface area (Å²) in [7, 11) is 0. The van der Waals surface area contributed by atoms with Gasteiger partial charge in [-0.1, -0.05) is 18.2 Å². The van der Waals surface area contributed by atoms with E-state index in [1.807, 2.05) is 37.3 Å². The first-order valence-corrected chi connectivity index (χ1v) is 6.36. The van der Waals surface area contributed by atoms with Crippen molar-refractivity contribution in [3.05, 3.63) is 35.9 Å². The second kappa shape index (κ2) is 4.88. The van der Waals surface area contributed by atoms with Crippen LogP contribution in [0, 0.1) is 6.92 Å². The van der Waals surface area contributed by atoms with Crippen molar-refractivity contribution in [2.75, 3.05) is 13.3 Å². The van der Waals surface area contributed by atoms with Crippen LogP contribution in [-0.4, -0.2) is 23.2 Å². The molecule has 0 spiro atoms. The summed E-state index contributed by atoms with van der Waals surface area (Å²) in [6, 6.07) is 10.1. The van der Waals surface area contributed by atoms with Crippen LogP contribution in [0.25, 0.3) is 21.9 Å². The molecule has 0 aliphatic heterocycles. The minimum Gasteiger partial charge on any atom is -0.477 e. The second-order valence-corrected chi connectivity index (χ2v) is 4.57. The van der Waals surface area contributed by atoms with E-state index in [1.165, 1.54) is 0 Å². The third-order valence-corrected chi connectivity index (χ3v) is 3.13. The molecule has 0 atom stereocenters. The predicted molar refractivity (Wildman–Crippen MR) is 74.4 cm³/mol. The Hall–Kier alpha value is -2.10. The van der Waals surface area contributed by atoms with Crippen LogP contribution in [0.3, 0.4) is 0 Å². The van der Waals surface area contributed by atoms with Crippen molar-refractivity contribution in [2.24, 2.45) is 0 Å². The van der Waals surface area contributed by atoms with Crippen molar-refractivity contribution in [1.29, 1.82) is 0 Å². The number of hydrogen-bond acceptors (Lipinski definition) is 2. The maximum Gasteiger partial charge on any atom is 0.216 e. The summed E-state index contributed by atoms with van der Waals surface area (Å²) < 4.78 is 17.6. The third kappa shape index (κ3) is 2.14. The molecule has 0 radical (unpaired) electrons. The Balaban J connectivity index is 2.09. The van der Waals surface area contributed by atoms with Crippen LogP contribution in [0.1, 0.15) is 12.0 Å². The molecule has 0 saturated carbocycles. The van der Waals surface area contributed by atoms with Crippen LogP contribution in [0.2, 0.25) is 0 Å². The van der Waals surface area contributed by atoms with Gasteiger partial charge in [0, 0.05) is 22.9 Å². The lowest BCUT2D eigenvalue weighted by Gasteiger charge is -2.07. The number of alkyl halides is 1. The number of nitrogens with zero attached hydrogens (tertiary/aromatic N) is 1. The maximum atomic E-state index is 12.1. The Kier molecular flexibility index (Phi) is 3.07. The maximum absolute atomic E-state index is 12.1. The van der Waals surface area contributed by atoms with Crippen LogP contribution in [0.5, 0.6) is 5.88 Å². The summed E-state index contributed by atoms with van der Waals surface area (Å²) in [5.74, 6) is 0.589. The van der Waals surface area contributed by atoms with E-state index >= 15 is 0 Å². The average molecular weight is 258 g/mol. The number of hydrogen-bond donors (Lipinski definition) is 1. The lowest BCUT2D eigenvalue weighted by Crippen LogP contribution is -2.01. The normalized spacial score (nSPS) is 11.3. The van der Waals surface area contributed by atoms with Crippen molar-refractivity contribution in [2.45, 2.75) is 13.3 Å². The molecule has 3 aromatic rings. The Bertz CT molecular complexity index is 721. The number of benzene rings is 1. The zero-order valence-corrected chi connectivity index (χ0v) is 10.7. The van der Waals surface area contributed by atoms with Crippen molar-refractivity contribution in [1.82, 2.24) is 9.97 Å². The van der Waals surface area contributed by atoms with E-state index in [4.69, 9.17) is 4.74 Å².